The minimum atomic E-state index is -4.38. The van der Waals surface area contributed by atoms with Crippen molar-refractivity contribution in [1.82, 2.24) is 20.2 Å². The Morgan fingerprint density at radius 3 is 2.52 bits per heavy atom. The molecule has 10 heteroatoms. The Bertz CT molecular complexity index is 626. The molecule has 0 saturated carbocycles. The van der Waals surface area contributed by atoms with Gasteiger partial charge in [0.2, 0.25) is 11.1 Å². The number of carbonyl (C=O) groups excluding carboxylic acids is 1. The second-order valence-electron chi connectivity index (χ2n) is 4.08. The van der Waals surface area contributed by atoms with Gasteiger partial charge in [-0.1, -0.05) is 23.9 Å². The second kappa shape index (κ2) is 6.12. The number of tetrazole rings is 1. The summed E-state index contributed by atoms with van der Waals surface area (Å²) >= 11 is 1.07. The van der Waals surface area contributed by atoms with Gasteiger partial charge in [-0.25, -0.2) is 4.68 Å². The summed E-state index contributed by atoms with van der Waals surface area (Å²) in [7, 11) is 0. The number of amides is 1. The monoisotopic (exact) mass is 317 g/mol. The van der Waals surface area contributed by atoms with Crippen molar-refractivity contribution in [2.75, 3.05) is 0 Å². The van der Waals surface area contributed by atoms with Crippen molar-refractivity contribution < 1.29 is 18.0 Å². The standard InChI is InChI=1S/C11H10F3N5OS/c12-11(13,14)6-19-10(16-17-18-19)21-5-7-1-3-8(4-2-7)9(15)20/h1-4H,5-6H2,(H2,15,20). The van der Waals surface area contributed by atoms with E-state index in [-0.39, 0.29) is 5.16 Å². The molecule has 0 atom stereocenters. The maximum absolute atomic E-state index is 12.3. The fourth-order valence-electron chi connectivity index (χ4n) is 1.48. The molecule has 0 saturated heterocycles. The second-order valence-corrected chi connectivity index (χ2v) is 5.03. The van der Waals surface area contributed by atoms with E-state index in [1.165, 1.54) is 0 Å². The number of alkyl halides is 3. The van der Waals surface area contributed by atoms with Crippen LogP contribution < -0.4 is 5.73 Å². The van der Waals surface area contributed by atoms with Gasteiger partial charge in [0, 0.05) is 11.3 Å². The highest BCUT2D eigenvalue weighted by Crippen LogP contribution is 2.23. The minimum Gasteiger partial charge on any atom is -0.366 e. The third kappa shape index (κ3) is 4.45. The van der Waals surface area contributed by atoms with E-state index in [1.54, 1.807) is 24.3 Å². The molecule has 1 heterocycles. The zero-order valence-corrected chi connectivity index (χ0v) is 11.4. The molecule has 0 aliphatic rings. The fraction of sp³-hybridized carbons (Fsp3) is 0.273. The molecule has 1 aromatic heterocycles. The lowest BCUT2D eigenvalue weighted by Gasteiger charge is -2.07. The molecule has 0 bridgehead atoms. The molecule has 0 radical (unpaired) electrons. The van der Waals surface area contributed by atoms with Crippen LogP contribution >= 0.6 is 11.8 Å². The number of halogens is 3. The SMILES string of the molecule is NC(=O)c1ccc(CSc2nnnn2CC(F)(F)F)cc1. The fourth-order valence-corrected chi connectivity index (χ4v) is 2.31. The number of nitrogens with zero attached hydrogens (tertiary/aromatic N) is 4. The summed E-state index contributed by atoms with van der Waals surface area (Å²) < 4.78 is 37.6. The highest BCUT2D eigenvalue weighted by Gasteiger charge is 2.30. The van der Waals surface area contributed by atoms with E-state index in [9.17, 15) is 18.0 Å². The quantitative estimate of drug-likeness (QED) is 0.847. The molecule has 2 N–H and O–H groups in total. The third-order valence-electron chi connectivity index (χ3n) is 2.43. The summed E-state index contributed by atoms with van der Waals surface area (Å²) in [5.41, 5.74) is 6.29. The molecular weight excluding hydrogens is 307 g/mol. The van der Waals surface area contributed by atoms with Gasteiger partial charge in [0.05, 0.1) is 0 Å². The van der Waals surface area contributed by atoms with Crippen LogP contribution in [0, 0.1) is 0 Å². The Hall–Kier alpha value is -2.10. The molecule has 0 unspecified atom stereocenters. The van der Waals surface area contributed by atoms with Crippen molar-refractivity contribution in [3.8, 4) is 0 Å². The van der Waals surface area contributed by atoms with Crippen molar-refractivity contribution in [3.63, 3.8) is 0 Å². The summed E-state index contributed by atoms with van der Waals surface area (Å²) in [6, 6.07) is 6.45. The summed E-state index contributed by atoms with van der Waals surface area (Å²) in [5, 5.41) is 10.2. The first-order valence-corrected chi connectivity index (χ1v) is 6.68. The van der Waals surface area contributed by atoms with E-state index in [0.717, 1.165) is 17.3 Å². The van der Waals surface area contributed by atoms with Gasteiger partial charge in [-0.15, -0.1) is 5.10 Å². The lowest BCUT2D eigenvalue weighted by Crippen LogP contribution is -2.19. The van der Waals surface area contributed by atoms with Crippen LogP contribution in [0.25, 0.3) is 0 Å². The molecule has 112 valence electrons. The maximum Gasteiger partial charge on any atom is 0.408 e. The van der Waals surface area contributed by atoms with Gasteiger partial charge < -0.3 is 5.73 Å². The number of hydrogen-bond acceptors (Lipinski definition) is 5. The molecule has 6 nitrogen and oxygen atoms in total. The van der Waals surface area contributed by atoms with E-state index in [1.807, 2.05) is 0 Å². The van der Waals surface area contributed by atoms with Crippen LogP contribution in [-0.2, 0) is 12.3 Å². The van der Waals surface area contributed by atoms with Gasteiger partial charge in [-0.3, -0.25) is 4.79 Å². The molecule has 0 spiro atoms. The molecular formula is C11H10F3N5OS. The highest BCUT2D eigenvalue weighted by atomic mass is 32.2. The summed E-state index contributed by atoms with van der Waals surface area (Å²) in [6.45, 7) is -1.23. The van der Waals surface area contributed by atoms with Crippen LogP contribution in [-0.4, -0.2) is 32.3 Å². The van der Waals surface area contributed by atoms with Crippen molar-refractivity contribution in [2.45, 2.75) is 23.6 Å². The number of hydrogen-bond donors (Lipinski definition) is 1. The Balaban J connectivity index is 2.00. The number of rotatable bonds is 5. The largest absolute Gasteiger partial charge is 0.408 e. The molecule has 1 aromatic carbocycles. The van der Waals surface area contributed by atoms with E-state index >= 15 is 0 Å². The van der Waals surface area contributed by atoms with E-state index < -0.39 is 18.6 Å². The van der Waals surface area contributed by atoms with E-state index in [4.69, 9.17) is 5.73 Å². The van der Waals surface area contributed by atoms with E-state index in [2.05, 4.69) is 15.5 Å². The van der Waals surface area contributed by atoms with E-state index in [0.29, 0.717) is 16.0 Å². The van der Waals surface area contributed by atoms with Crippen molar-refractivity contribution in [2.24, 2.45) is 5.73 Å². The Labute approximate surface area is 121 Å². The highest BCUT2D eigenvalue weighted by molar-refractivity contribution is 7.98. The van der Waals surface area contributed by atoms with Crippen LogP contribution in [0.15, 0.2) is 29.4 Å². The molecule has 0 aliphatic carbocycles. The summed E-state index contributed by atoms with van der Waals surface area (Å²) in [5.74, 6) is -0.166. The first-order valence-electron chi connectivity index (χ1n) is 5.69. The zero-order chi connectivity index (χ0) is 15.5. The summed E-state index contributed by atoms with van der Waals surface area (Å²) in [4.78, 5) is 10.9. The number of nitrogens with two attached hydrogens (primary N) is 1. The first-order chi connectivity index (χ1) is 9.85. The Kier molecular flexibility index (Phi) is 4.46. The van der Waals surface area contributed by atoms with Gasteiger partial charge in [0.15, 0.2) is 0 Å². The summed E-state index contributed by atoms with van der Waals surface area (Å²) in [6.07, 6.45) is -4.38. The molecule has 21 heavy (non-hydrogen) atoms. The molecule has 0 fully saturated rings. The average molecular weight is 317 g/mol. The van der Waals surface area contributed by atoms with Crippen LogP contribution in [0.1, 0.15) is 15.9 Å². The van der Waals surface area contributed by atoms with Crippen molar-refractivity contribution >= 4 is 17.7 Å². The normalized spacial score (nSPS) is 11.6. The van der Waals surface area contributed by atoms with Gasteiger partial charge in [0.1, 0.15) is 6.54 Å². The number of thioether (sulfide) groups is 1. The van der Waals surface area contributed by atoms with Crippen molar-refractivity contribution in [1.29, 1.82) is 0 Å². The third-order valence-corrected chi connectivity index (χ3v) is 3.46. The number of aromatic nitrogens is 4. The molecule has 0 aliphatic heterocycles. The zero-order valence-electron chi connectivity index (χ0n) is 10.5. The van der Waals surface area contributed by atoms with Crippen LogP contribution in [0.2, 0.25) is 0 Å². The molecule has 2 rings (SSSR count). The van der Waals surface area contributed by atoms with Crippen LogP contribution in [0.4, 0.5) is 13.2 Å². The number of carbonyl (C=O) groups is 1. The van der Waals surface area contributed by atoms with Gasteiger partial charge in [-0.2, -0.15) is 13.2 Å². The minimum absolute atomic E-state index is 0.0753. The number of primary amides is 1. The molecule has 1 amide bonds. The lowest BCUT2D eigenvalue weighted by molar-refractivity contribution is -0.144. The van der Waals surface area contributed by atoms with Gasteiger partial charge >= 0.3 is 6.18 Å². The van der Waals surface area contributed by atoms with Crippen molar-refractivity contribution in [3.05, 3.63) is 35.4 Å². The van der Waals surface area contributed by atoms with Gasteiger partial charge in [0.25, 0.3) is 0 Å². The maximum atomic E-state index is 12.3. The predicted molar refractivity (Wildman–Crippen MR) is 68.4 cm³/mol. The predicted octanol–water partition coefficient (Wildman–Crippen LogP) is 1.63. The Morgan fingerprint density at radius 2 is 1.95 bits per heavy atom. The average Bonchev–Trinajstić information content (AvgIpc) is 2.82. The van der Waals surface area contributed by atoms with Gasteiger partial charge in [-0.05, 0) is 28.1 Å². The number of benzene rings is 1. The van der Waals surface area contributed by atoms with Crippen LogP contribution in [0.3, 0.4) is 0 Å². The smallest absolute Gasteiger partial charge is 0.366 e. The lowest BCUT2D eigenvalue weighted by atomic mass is 10.1. The topological polar surface area (TPSA) is 86.7 Å². The molecule has 2 aromatic rings. The van der Waals surface area contributed by atoms with Crippen LogP contribution in [0.5, 0.6) is 0 Å². The Morgan fingerprint density at radius 1 is 1.29 bits per heavy atom. The first kappa shape index (κ1) is 15.3.